The van der Waals surface area contributed by atoms with Crippen LogP contribution in [0.15, 0.2) is 18.3 Å². The third-order valence-corrected chi connectivity index (χ3v) is 3.53. The number of nitrogens with zero attached hydrogens (tertiary/aromatic N) is 2. The summed E-state index contributed by atoms with van der Waals surface area (Å²) < 4.78 is 0. The third-order valence-electron chi connectivity index (χ3n) is 3.53. The topological polar surface area (TPSA) is 74.4 Å². The van der Waals surface area contributed by atoms with Crippen LogP contribution in [-0.4, -0.2) is 33.7 Å². The van der Waals surface area contributed by atoms with Crippen molar-refractivity contribution in [2.24, 2.45) is 5.84 Å². The lowest BCUT2D eigenvalue weighted by Gasteiger charge is -2.22. The van der Waals surface area contributed by atoms with Crippen molar-refractivity contribution in [2.45, 2.75) is 38.3 Å². The number of hydrogen-bond donors (Lipinski definition) is 3. The second kappa shape index (κ2) is 5.65. The van der Waals surface area contributed by atoms with E-state index in [9.17, 15) is 5.11 Å². The summed E-state index contributed by atoms with van der Waals surface area (Å²) in [5.74, 6) is 6.04. The van der Waals surface area contributed by atoms with E-state index < -0.39 is 5.60 Å². The van der Waals surface area contributed by atoms with E-state index in [-0.39, 0.29) is 0 Å². The molecule has 0 aliphatic carbocycles. The van der Waals surface area contributed by atoms with Crippen molar-refractivity contribution in [2.75, 3.05) is 18.5 Å². The van der Waals surface area contributed by atoms with Crippen LogP contribution < -0.4 is 11.3 Å². The molecule has 1 atom stereocenters. The lowest BCUT2D eigenvalue weighted by Crippen LogP contribution is -2.28. The van der Waals surface area contributed by atoms with E-state index in [1.54, 1.807) is 6.20 Å². The van der Waals surface area contributed by atoms with Crippen LogP contribution in [0, 0.1) is 0 Å². The Balaban J connectivity index is 1.96. The van der Waals surface area contributed by atoms with Crippen molar-refractivity contribution in [1.82, 2.24) is 9.88 Å². The molecule has 0 bridgehead atoms. The average Bonchev–Trinajstić information content (AvgIpc) is 2.51. The molecule has 2 heterocycles. The number of aliphatic hydroxyl groups is 1. The van der Waals surface area contributed by atoms with Gasteiger partial charge in [0.25, 0.3) is 0 Å². The highest BCUT2D eigenvalue weighted by molar-refractivity contribution is 5.35. The zero-order chi connectivity index (χ0) is 13.0. The number of nitrogens with two attached hydrogens (primary N) is 1. The van der Waals surface area contributed by atoms with Gasteiger partial charge in [-0.3, -0.25) is 4.90 Å². The Morgan fingerprint density at radius 1 is 1.50 bits per heavy atom. The molecule has 0 aromatic carbocycles. The molecule has 1 unspecified atom stereocenters. The Hall–Kier alpha value is -1.17. The second-order valence-electron chi connectivity index (χ2n) is 5.32. The van der Waals surface area contributed by atoms with Crippen LogP contribution in [0.2, 0.25) is 0 Å². The smallest absolute Gasteiger partial charge is 0.140 e. The first-order valence-corrected chi connectivity index (χ1v) is 6.45. The summed E-state index contributed by atoms with van der Waals surface area (Å²) in [4.78, 5) is 6.47. The van der Waals surface area contributed by atoms with Gasteiger partial charge in [-0.2, -0.15) is 0 Å². The summed E-state index contributed by atoms with van der Waals surface area (Å²) in [6.07, 6.45) is 4.52. The lowest BCUT2D eigenvalue weighted by molar-refractivity contribution is 0.0444. The van der Waals surface area contributed by atoms with Gasteiger partial charge >= 0.3 is 0 Å². The number of pyridine rings is 1. The summed E-state index contributed by atoms with van der Waals surface area (Å²) in [6.45, 7) is 4.78. The van der Waals surface area contributed by atoms with E-state index in [0.717, 1.165) is 38.9 Å². The van der Waals surface area contributed by atoms with Crippen LogP contribution in [0.4, 0.5) is 5.82 Å². The van der Waals surface area contributed by atoms with E-state index in [0.29, 0.717) is 5.82 Å². The summed E-state index contributed by atoms with van der Waals surface area (Å²) in [5, 5.41) is 10.1. The predicted molar refractivity (Wildman–Crippen MR) is 71.8 cm³/mol. The molecule has 0 amide bonds. The van der Waals surface area contributed by atoms with Crippen molar-refractivity contribution < 1.29 is 5.11 Å². The fourth-order valence-corrected chi connectivity index (χ4v) is 2.39. The van der Waals surface area contributed by atoms with Gasteiger partial charge in [0.1, 0.15) is 5.82 Å². The summed E-state index contributed by atoms with van der Waals surface area (Å²) in [5.41, 5.74) is 3.25. The highest BCUT2D eigenvalue weighted by Crippen LogP contribution is 2.22. The van der Waals surface area contributed by atoms with E-state index in [1.165, 1.54) is 5.56 Å². The zero-order valence-corrected chi connectivity index (χ0v) is 10.9. The quantitative estimate of drug-likeness (QED) is 0.553. The molecule has 18 heavy (non-hydrogen) atoms. The van der Waals surface area contributed by atoms with Crippen molar-refractivity contribution >= 4 is 5.82 Å². The Labute approximate surface area is 108 Å². The normalized spacial score (nSPS) is 25.7. The number of nitrogen functional groups attached to an aromatic ring is 1. The molecule has 1 aliphatic rings. The van der Waals surface area contributed by atoms with Crippen LogP contribution in [0.5, 0.6) is 0 Å². The van der Waals surface area contributed by atoms with Gasteiger partial charge < -0.3 is 10.5 Å². The first-order chi connectivity index (χ1) is 8.59. The minimum absolute atomic E-state index is 0.503. The largest absolute Gasteiger partial charge is 0.390 e. The van der Waals surface area contributed by atoms with Crippen molar-refractivity contribution in [3.05, 3.63) is 23.9 Å². The molecule has 5 heteroatoms. The van der Waals surface area contributed by atoms with Gasteiger partial charge in [-0.15, -0.1) is 0 Å². The van der Waals surface area contributed by atoms with E-state index in [1.807, 2.05) is 19.1 Å². The Kier molecular flexibility index (Phi) is 4.16. The van der Waals surface area contributed by atoms with Crippen LogP contribution in [0.3, 0.4) is 0 Å². The molecule has 1 fully saturated rings. The molecule has 0 radical (unpaired) electrons. The van der Waals surface area contributed by atoms with Crippen molar-refractivity contribution in [1.29, 1.82) is 0 Å². The van der Waals surface area contributed by atoms with Crippen LogP contribution in [0.25, 0.3) is 0 Å². The van der Waals surface area contributed by atoms with Crippen molar-refractivity contribution in [3.8, 4) is 0 Å². The fraction of sp³-hybridized carbons (Fsp3) is 0.615. The predicted octanol–water partition coefficient (Wildman–Crippen LogP) is 1.10. The number of anilines is 1. The van der Waals surface area contributed by atoms with Gasteiger partial charge in [-0.25, -0.2) is 10.8 Å². The molecule has 0 saturated carbocycles. The average molecular weight is 250 g/mol. The maximum atomic E-state index is 10.1. The number of hydrogen-bond acceptors (Lipinski definition) is 5. The highest BCUT2D eigenvalue weighted by atomic mass is 16.3. The Morgan fingerprint density at radius 2 is 2.33 bits per heavy atom. The first kappa shape index (κ1) is 13.3. The van der Waals surface area contributed by atoms with E-state index in [4.69, 9.17) is 5.84 Å². The molecule has 1 aromatic heterocycles. The number of likely N-dealkylation sites (tertiary alicyclic amines) is 1. The minimum Gasteiger partial charge on any atom is -0.390 e. The molecule has 1 aromatic rings. The van der Waals surface area contributed by atoms with Gasteiger partial charge in [0, 0.05) is 19.3 Å². The monoisotopic (exact) mass is 250 g/mol. The van der Waals surface area contributed by atoms with Gasteiger partial charge in [0.2, 0.25) is 0 Å². The summed E-state index contributed by atoms with van der Waals surface area (Å²) in [6, 6.07) is 3.97. The fourth-order valence-electron chi connectivity index (χ4n) is 2.39. The standard InChI is InChI=1S/C13H22N4O/c1-13(18)4-2-7-17(8-5-13)10-11-3-6-15-12(9-11)16-14/h3,6,9,18H,2,4-5,7-8,10,14H2,1H3,(H,15,16). The van der Waals surface area contributed by atoms with Gasteiger partial charge in [0.05, 0.1) is 5.60 Å². The van der Waals surface area contributed by atoms with Gasteiger partial charge in [-0.1, -0.05) is 0 Å². The number of aromatic nitrogens is 1. The van der Waals surface area contributed by atoms with Crippen LogP contribution in [-0.2, 0) is 6.54 Å². The molecule has 1 aliphatic heterocycles. The number of hydrazine groups is 1. The third kappa shape index (κ3) is 3.66. The second-order valence-corrected chi connectivity index (χ2v) is 5.32. The first-order valence-electron chi connectivity index (χ1n) is 6.45. The summed E-state index contributed by atoms with van der Waals surface area (Å²) >= 11 is 0. The zero-order valence-electron chi connectivity index (χ0n) is 10.9. The highest BCUT2D eigenvalue weighted by Gasteiger charge is 2.24. The van der Waals surface area contributed by atoms with E-state index >= 15 is 0 Å². The van der Waals surface area contributed by atoms with Gasteiger partial charge in [0.15, 0.2) is 0 Å². The summed E-state index contributed by atoms with van der Waals surface area (Å²) in [7, 11) is 0. The maximum absolute atomic E-state index is 10.1. The molecule has 100 valence electrons. The number of rotatable bonds is 3. The van der Waals surface area contributed by atoms with Crippen molar-refractivity contribution in [3.63, 3.8) is 0 Å². The number of nitrogens with one attached hydrogen (secondary N) is 1. The Bertz CT molecular complexity index is 394. The van der Waals surface area contributed by atoms with E-state index in [2.05, 4.69) is 15.3 Å². The minimum atomic E-state index is -0.503. The van der Waals surface area contributed by atoms with Gasteiger partial charge in [-0.05, 0) is 50.4 Å². The lowest BCUT2D eigenvalue weighted by atomic mass is 9.98. The maximum Gasteiger partial charge on any atom is 0.140 e. The van der Waals surface area contributed by atoms with Crippen LogP contribution >= 0.6 is 0 Å². The molecule has 0 spiro atoms. The SMILES string of the molecule is CC1(O)CCCN(Cc2ccnc(NN)c2)CC1. The van der Waals surface area contributed by atoms with Crippen LogP contribution in [0.1, 0.15) is 31.7 Å². The molecule has 1 saturated heterocycles. The molecule has 4 N–H and O–H groups in total. The molecular weight excluding hydrogens is 228 g/mol. The molecule has 2 rings (SSSR count). The molecule has 5 nitrogen and oxygen atoms in total. The Morgan fingerprint density at radius 3 is 3.11 bits per heavy atom. The molecular formula is C13H22N4O.